The van der Waals surface area contributed by atoms with Crippen LogP contribution in [-0.4, -0.2) is 5.84 Å². The Labute approximate surface area is 77.6 Å². The van der Waals surface area contributed by atoms with Crippen LogP contribution in [0.5, 0.6) is 0 Å². The SMILES string of the molecule is CCc1cccc(/C(N)=N/NN)c1. The average Bonchev–Trinajstić information content (AvgIpc) is 2.18. The molecule has 1 rings (SSSR count). The summed E-state index contributed by atoms with van der Waals surface area (Å²) in [5.41, 5.74) is 9.92. The summed E-state index contributed by atoms with van der Waals surface area (Å²) in [6.45, 7) is 2.09. The third-order valence-electron chi connectivity index (χ3n) is 1.82. The number of hydrogen-bond acceptors (Lipinski definition) is 3. The third-order valence-corrected chi connectivity index (χ3v) is 1.82. The fourth-order valence-electron chi connectivity index (χ4n) is 1.08. The van der Waals surface area contributed by atoms with Crippen LogP contribution in [-0.2, 0) is 6.42 Å². The molecule has 0 fully saturated rings. The van der Waals surface area contributed by atoms with Crippen LogP contribution in [0.4, 0.5) is 0 Å². The Kier molecular flexibility index (Phi) is 3.28. The predicted octanol–water partition coefficient (Wildman–Crippen LogP) is 0.333. The number of nitrogens with one attached hydrogen (secondary N) is 1. The Morgan fingerprint density at radius 3 is 2.92 bits per heavy atom. The summed E-state index contributed by atoms with van der Waals surface area (Å²) in [6.07, 6.45) is 0.983. The van der Waals surface area contributed by atoms with Crippen LogP contribution in [0, 0.1) is 0 Å². The Hall–Kier alpha value is -1.55. The second-order valence-corrected chi connectivity index (χ2v) is 2.68. The van der Waals surface area contributed by atoms with Crippen LogP contribution in [0.3, 0.4) is 0 Å². The van der Waals surface area contributed by atoms with Gasteiger partial charge in [-0.15, -0.1) is 5.10 Å². The van der Waals surface area contributed by atoms with E-state index in [9.17, 15) is 0 Å². The van der Waals surface area contributed by atoms with Gasteiger partial charge in [0, 0.05) is 5.56 Å². The van der Waals surface area contributed by atoms with Crippen molar-refractivity contribution in [1.29, 1.82) is 0 Å². The Balaban J connectivity index is 2.94. The molecule has 70 valence electrons. The molecule has 0 radical (unpaired) electrons. The summed E-state index contributed by atoms with van der Waals surface area (Å²) in [5, 5.41) is 3.69. The first-order valence-electron chi connectivity index (χ1n) is 4.16. The van der Waals surface area contributed by atoms with Gasteiger partial charge in [0.05, 0.1) is 0 Å². The maximum atomic E-state index is 5.64. The van der Waals surface area contributed by atoms with Crippen molar-refractivity contribution in [3.05, 3.63) is 35.4 Å². The van der Waals surface area contributed by atoms with E-state index in [-0.39, 0.29) is 0 Å². The molecule has 1 aromatic carbocycles. The van der Waals surface area contributed by atoms with E-state index in [0.717, 1.165) is 12.0 Å². The summed E-state index contributed by atoms with van der Waals surface area (Å²) >= 11 is 0. The number of nitrogens with two attached hydrogens (primary N) is 2. The van der Waals surface area contributed by atoms with Crippen LogP contribution in [0.15, 0.2) is 29.4 Å². The topological polar surface area (TPSA) is 76.4 Å². The zero-order valence-corrected chi connectivity index (χ0v) is 7.62. The first kappa shape index (κ1) is 9.54. The molecule has 13 heavy (non-hydrogen) atoms. The number of hydrogen-bond donors (Lipinski definition) is 3. The van der Waals surface area contributed by atoms with Crippen molar-refractivity contribution in [1.82, 2.24) is 5.53 Å². The lowest BCUT2D eigenvalue weighted by atomic mass is 10.1. The van der Waals surface area contributed by atoms with Gasteiger partial charge in [0.15, 0.2) is 5.84 Å². The summed E-state index contributed by atoms with van der Waals surface area (Å²) in [7, 11) is 0. The van der Waals surface area contributed by atoms with Crippen LogP contribution in [0.1, 0.15) is 18.1 Å². The molecular weight excluding hydrogens is 164 g/mol. The van der Waals surface area contributed by atoms with E-state index in [1.165, 1.54) is 5.56 Å². The van der Waals surface area contributed by atoms with Crippen LogP contribution < -0.4 is 17.1 Å². The summed E-state index contributed by atoms with van der Waals surface area (Å²) in [6, 6.07) is 7.89. The second kappa shape index (κ2) is 4.47. The van der Waals surface area contributed by atoms with Crippen LogP contribution in [0.25, 0.3) is 0 Å². The van der Waals surface area contributed by atoms with Crippen molar-refractivity contribution in [2.45, 2.75) is 13.3 Å². The van der Waals surface area contributed by atoms with Gasteiger partial charge in [-0.3, -0.25) is 0 Å². The maximum Gasteiger partial charge on any atom is 0.152 e. The summed E-state index contributed by atoms with van der Waals surface area (Å²) < 4.78 is 0. The molecule has 0 spiro atoms. The minimum absolute atomic E-state index is 0.401. The number of hydrazone groups is 1. The Morgan fingerprint density at radius 2 is 2.31 bits per heavy atom. The van der Waals surface area contributed by atoms with Gasteiger partial charge < -0.3 is 5.73 Å². The molecule has 0 aliphatic rings. The zero-order chi connectivity index (χ0) is 9.68. The van der Waals surface area contributed by atoms with Gasteiger partial charge in [-0.05, 0) is 18.1 Å². The molecule has 0 unspecified atom stereocenters. The number of amidine groups is 1. The van der Waals surface area contributed by atoms with E-state index >= 15 is 0 Å². The quantitative estimate of drug-likeness (QED) is 0.270. The summed E-state index contributed by atoms with van der Waals surface area (Å²) in [5.74, 6) is 5.42. The first-order chi connectivity index (χ1) is 6.27. The van der Waals surface area contributed by atoms with E-state index in [1.54, 1.807) is 0 Å². The van der Waals surface area contributed by atoms with Crippen molar-refractivity contribution in [2.24, 2.45) is 16.7 Å². The van der Waals surface area contributed by atoms with Crippen LogP contribution in [0.2, 0.25) is 0 Å². The van der Waals surface area contributed by atoms with Gasteiger partial charge in [-0.1, -0.05) is 25.1 Å². The lowest BCUT2D eigenvalue weighted by Crippen LogP contribution is -2.23. The van der Waals surface area contributed by atoms with Gasteiger partial charge in [0.1, 0.15) is 0 Å². The molecule has 0 bridgehead atoms. The van der Waals surface area contributed by atoms with Gasteiger partial charge >= 0.3 is 0 Å². The monoisotopic (exact) mass is 178 g/mol. The molecule has 0 heterocycles. The molecule has 0 amide bonds. The smallest absolute Gasteiger partial charge is 0.152 e. The third kappa shape index (κ3) is 2.45. The molecule has 0 saturated heterocycles. The Bertz CT molecular complexity index is 306. The molecule has 4 heteroatoms. The van der Waals surface area contributed by atoms with E-state index in [4.69, 9.17) is 11.6 Å². The van der Waals surface area contributed by atoms with E-state index in [1.807, 2.05) is 24.3 Å². The fourth-order valence-corrected chi connectivity index (χ4v) is 1.08. The standard InChI is InChI=1S/C9H14N4/c1-2-7-4-3-5-8(6-7)9(10)12-13-11/h3-6,13H,2,11H2,1H3,(H2,10,12). The second-order valence-electron chi connectivity index (χ2n) is 2.68. The highest BCUT2D eigenvalue weighted by atomic mass is 15.5. The molecule has 0 aliphatic heterocycles. The van der Waals surface area contributed by atoms with Crippen molar-refractivity contribution >= 4 is 5.84 Å². The first-order valence-corrected chi connectivity index (χ1v) is 4.16. The highest BCUT2D eigenvalue weighted by molar-refractivity contribution is 5.97. The van der Waals surface area contributed by atoms with Gasteiger partial charge in [0.25, 0.3) is 0 Å². The highest BCUT2D eigenvalue weighted by Crippen LogP contribution is 2.05. The molecule has 1 aromatic rings. The number of aryl methyl sites for hydroxylation is 1. The van der Waals surface area contributed by atoms with Crippen molar-refractivity contribution < 1.29 is 0 Å². The maximum absolute atomic E-state index is 5.64. The molecule has 5 N–H and O–H groups in total. The van der Waals surface area contributed by atoms with E-state index < -0.39 is 0 Å². The molecule has 0 atom stereocenters. The number of nitrogens with zero attached hydrogens (tertiary/aromatic N) is 1. The van der Waals surface area contributed by atoms with Crippen molar-refractivity contribution in [2.75, 3.05) is 0 Å². The largest absolute Gasteiger partial charge is 0.382 e. The average molecular weight is 178 g/mol. The van der Waals surface area contributed by atoms with Crippen LogP contribution >= 0.6 is 0 Å². The normalized spacial score (nSPS) is 11.4. The molecular formula is C9H14N4. The highest BCUT2D eigenvalue weighted by Gasteiger charge is 1.98. The van der Waals surface area contributed by atoms with Gasteiger partial charge in [-0.25, -0.2) is 11.4 Å². The summed E-state index contributed by atoms with van der Waals surface area (Å²) in [4.78, 5) is 0. The predicted molar refractivity (Wildman–Crippen MR) is 53.9 cm³/mol. The lowest BCUT2D eigenvalue weighted by molar-refractivity contribution is 0.804. The molecule has 0 saturated carbocycles. The molecule has 0 aromatic heterocycles. The fraction of sp³-hybridized carbons (Fsp3) is 0.222. The minimum atomic E-state index is 0.401. The number of benzene rings is 1. The van der Waals surface area contributed by atoms with Gasteiger partial charge in [-0.2, -0.15) is 0 Å². The van der Waals surface area contributed by atoms with Crippen molar-refractivity contribution in [3.63, 3.8) is 0 Å². The number of hydrazine groups is 1. The molecule has 4 nitrogen and oxygen atoms in total. The zero-order valence-electron chi connectivity index (χ0n) is 7.62. The number of rotatable bonds is 3. The van der Waals surface area contributed by atoms with Crippen molar-refractivity contribution in [3.8, 4) is 0 Å². The lowest BCUT2D eigenvalue weighted by Gasteiger charge is -2.02. The Morgan fingerprint density at radius 1 is 1.54 bits per heavy atom. The minimum Gasteiger partial charge on any atom is -0.382 e. The molecule has 0 aliphatic carbocycles. The van der Waals surface area contributed by atoms with E-state index in [2.05, 4.69) is 17.6 Å². The van der Waals surface area contributed by atoms with Gasteiger partial charge in [0.2, 0.25) is 0 Å². The van der Waals surface area contributed by atoms with E-state index in [0.29, 0.717) is 5.84 Å².